The molecule has 2 aromatic carbocycles. The van der Waals surface area contributed by atoms with Gasteiger partial charge in [0.05, 0.1) is 6.54 Å². The zero-order valence-corrected chi connectivity index (χ0v) is 12.8. The Morgan fingerprint density at radius 2 is 1.48 bits per heavy atom. The van der Waals surface area contributed by atoms with Gasteiger partial charge in [-0.25, -0.2) is 0 Å². The van der Waals surface area contributed by atoms with Crippen molar-refractivity contribution in [2.24, 2.45) is 5.73 Å². The van der Waals surface area contributed by atoms with Gasteiger partial charge in [0.2, 0.25) is 11.8 Å². The number of amides is 3. The molecule has 0 aliphatic heterocycles. The van der Waals surface area contributed by atoms with Gasteiger partial charge in [0.25, 0.3) is 5.91 Å². The summed E-state index contributed by atoms with van der Waals surface area (Å²) in [5.41, 5.74) is 6.39. The van der Waals surface area contributed by atoms with Gasteiger partial charge in [0.15, 0.2) is 0 Å². The Balaban J connectivity index is 1.86. The first-order chi connectivity index (χ1) is 11.0. The molecule has 0 saturated heterocycles. The average Bonchev–Trinajstić information content (AvgIpc) is 2.54. The molecule has 0 atom stereocenters. The van der Waals surface area contributed by atoms with Crippen LogP contribution in [0, 0.1) is 0 Å². The first-order valence-corrected chi connectivity index (χ1v) is 7.07. The highest BCUT2D eigenvalue weighted by Crippen LogP contribution is 2.10. The number of carbonyl (C=O) groups excluding carboxylic acids is 3. The third kappa shape index (κ3) is 4.82. The van der Waals surface area contributed by atoms with Crippen molar-refractivity contribution in [1.82, 2.24) is 5.32 Å². The lowest BCUT2D eigenvalue weighted by Crippen LogP contribution is -2.32. The molecular weight excluding hydrogens is 318 g/mol. The Bertz CT molecular complexity index is 727. The van der Waals surface area contributed by atoms with Crippen LogP contribution in [0.1, 0.15) is 20.7 Å². The van der Waals surface area contributed by atoms with Crippen LogP contribution in [0.3, 0.4) is 0 Å². The quantitative estimate of drug-likeness (QED) is 0.778. The predicted octanol–water partition coefficient (Wildman–Crippen LogP) is 1.81. The van der Waals surface area contributed by atoms with E-state index in [9.17, 15) is 14.4 Å². The van der Waals surface area contributed by atoms with E-state index in [4.69, 9.17) is 17.3 Å². The summed E-state index contributed by atoms with van der Waals surface area (Å²) < 4.78 is 0. The van der Waals surface area contributed by atoms with Crippen molar-refractivity contribution in [2.45, 2.75) is 0 Å². The van der Waals surface area contributed by atoms with E-state index in [1.165, 1.54) is 12.1 Å². The third-order valence-corrected chi connectivity index (χ3v) is 3.22. The number of primary amides is 1. The number of nitrogens with two attached hydrogens (primary N) is 1. The Morgan fingerprint density at radius 1 is 0.913 bits per heavy atom. The third-order valence-electron chi connectivity index (χ3n) is 2.97. The molecule has 0 spiro atoms. The largest absolute Gasteiger partial charge is 0.366 e. The Labute approximate surface area is 137 Å². The Hall–Kier alpha value is -2.86. The SMILES string of the molecule is NC(=O)c1ccc(NC(=O)CNC(=O)c2ccc(Cl)cc2)cc1. The molecule has 6 nitrogen and oxygen atoms in total. The van der Waals surface area contributed by atoms with Crippen LogP contribution in [0.2, 0.25) is 5.02 Å². The van der Waals surface area contributed by atoms with Gasteiger partial charge in [-0.1, -0.05) is 11.6 Å². The molecule has 2 rings (SSSR count). The molecular formula is C16H14ClN3O3. The maximum atomic E-state index is 11.8. The maximum Gasteiger partial charge on any atom is 0.251 e. The molecule has 23 heavy (non-hydrogen) atoms. The van der Waals surface area contributed by atoms with Gasteiger partial charge in [0.1, 0.15) is 0 Å². The van der Waals surface area contributed by atoms with Crippen molar-refractivity contribution in [3.05, 3.63) is 64.7 Å². The number of halogens is 1. The molecule has 0 unspecified atom stereocenters. The number of hydrogen-bond donors (Lipinski definition) is 3. The molecule has 0 aliphatic rings. The fourth-order valence-corrected chi connectivity index (χ4v) is 1.91. The van der Waals surface area contributed by atoms with E-state index in [1.807, 2.05) is 0 Å². The van der Waals surface area contributed by atoms with Crippen molar-refractivity contribution in [2.75, 3.05) is 11.9 Å². The first-order valence-electron chi connectivity index (χ1n) is 6.69. The van der Waals surface area contributed by atoms with Crippen molar-refractivity contribution in [3.63, 3.8) is 0 Å². The lowest BCUT2D eigenvalue weighted by Gasteiger charge is -2.07. The number of nitrogens with one attached hydrogen (secondary N) is 2. The summed E-state index contributed by atoms with van der Waals surface area (Å²) in [6.07, 6.45) is 0. The van der Waals surface area contributed by atoms with E-state index in [0.717, 1.165) is 0 Å². The normalized spacial score (nSPS) is 9.96. The molecule has 3 amide bonds. The van der Waals surface area contributed by atoms with Crippen LogP contribution in [0.5, 0.6) is 0 Å². The van der Waals surface area contributed by atoms with Gasteiger partial charge in [-0.3, -0.25) is 14.4 Å². The second-order valence-corrected chi connectivity index (χ2v) is 5.12. The van der Waals surface area contributed by atoms with Crippen LogP contribution in [0.25, 0.3) is 0 Å². The van der Waals surface area contributed by atoms with Gasteiger partial charge < -0.3 is 16.4 Å². The van der Waals surface area contributed by atoms with Gasteiger partial charge >= 0.3 is 0 Å². The lowest BCUT2D eigenvalue weighted by molar-refractivity contribution is -0.115. The molecule has 4 N–H and O–H groups in total. The summed E-state index contributed by atoms with van der Waals surface area (Å²) in [6, 6.07) is 12.4. The van der Waals surface area contributed by atoms with Crippen molar-refractivity contribution < 1.29 is 14.4 Å². The van der Waals surface area contributed by atoms with Crippen LogP contribution in [-0.2, 0) is 4.79 Å². The van der Waals surface area contributed by atoms with Crippen LogP contribution in [-0.4, -0.2) is 24.3 Å². The smallest absolute Gasteiger partial charge is 0.251 e. The standard InChI is InChI=1S/C16H14ClN3O3/c17-12-5-1-11(2-6-12)16(23)19-9-14(21)20-13-7-3-10(4-8-13)15(18)22/h1-8H,9H2,(H2,18,22)(H,19,23)(H,20,21). The van der Waals surface area contributed by atoms with E-state index < -0.39 is 5.91 Å². The van der Waals surface area contributed by atoms with Crippen LogP contribution >= 0.6 is 11.6 Å². The van der Waals surface area contributed by atoms with Gasteiger partial charge in [-0.15, -0.1) is 0 Å². The van der Waals surface area contributed by atoms with E-state index in [2.05, 4.69) is 10.6 Å². The van der Waals surface area contributed by atoms with Crippen molar-refractivity contribution in [3.8, 4) is 0 Å². The summed E-state index contributed by atoms with van der Waals surface area (Å²) >= 11 is 5.74. The molecule has 0 aliphatic carbocycles. The molecule has 0 saturated carbocycles. The number of carbonyl (C=O) groups is 3. The minimum atomic E-state index is -0.543. The van der Waals surface area contributed by atoms with Crippen LogP contribution in [0.15, 0.2) is 48.5 Å². The molecule has 0 heterocycles. The Morgan fingerprint density at radius 3 is 2.04 bits per heavy atom. The lowest BCUT2D eigenvalue weighted by atomic mass is 10.2. The van der Waals surface area contributed by atoms with Gasteiger partial charge in [-0.05, 0) is 48.5 Å². The molecule has 0 fully saturated rings. The topological polar surface area (TPSA) is 101 Å². The van der Waals surface area contributed by atoms with Crippen LogP contribution < -0.4 is 16.4 Å². The fraction of sp³-hybridized carbons (Fsp3) is 0.0625. The second-order valence-electron chi connectivity index (χ2n) is 4.68. The molecule has 0 bridgehead atoms. The maximum absolute atomic E-state index is 11.8. The minimum Gasteiger partial charge on any atom is -0.366 e. The number of rotatable bonds is 5. The zero-order chi connectivity index (χ0) is 16.8. The molecule has 0 radical (unpaired) electrons. The highest BCUT2D eigenvalue weighted by Gasteiger charge is 2.08. The second kappa shape index (κ2) is 7.42. The summed E-state index contributed by atoms with van der Waals surface area (Å²) in [6.45, 7) is -0.182. The van der Waals surface area contributed by atoms with Crippen molar-refractivity contribution >= 4 is 35.0 Å². The fourth-order valence-electron chi connectivity index (χ4n) is 1.79. The Kier molecular flexibility index (Phi) is 5.32. The predicted molar refractivity (Wildman–Crippen MR) is 87.4 cm³/mol. The minimum absolute atomic E-state index is 0.182. The number of anilines is 1. The molecule has 7 heteroatoms. The number of hydrogen-bond acceptors (Lipinski definition) is 3. The van der Waals surface area contributed by atoms with E-state index >= 15 is 0 Å². The van der Waals surface area contributed by atoms with Crippen LogP contribution in [0.4, 0.5) is 5.69 Å². The van der Waals surface area contributed by atoms with Gasteiger partial charge in [0, 0.05) is 21.8 Å². The summed E-state index contributed by atoms with van der Waals surface area (Å²) in [5, 5.41) is 5.62. The first kappa shape index (κ1) is 16.5. The van der Waals surface area contributed by atoms with E-state index in [0.29, 0.717) is 21.8 Å². The van der Waals surface area contributed by atoms with Gasteiger partial charge in [-0.2, -0.15) is 0 Å². The van der Waals surface area contributed by atoms with E-state index in [1.54, 1.807) is 36.4 Å². The monoisotopic (exact) mass is 331 g/mol. The highest BCUT2D eigenvalue weighted by atomic mass is 35.5. The van der Waals surface area contributed by atoms with Crippen molar-refractivity contribution in [1.29, 1.82) is 0 Å². The summed E-state index contributed by atoms with van der Waals surface area (Å²) in [7, 11) is 0. The zero-order valence-electron chi connectivity index (χ0n) is 12.0. The van der Waals surface area contributed by atoms with E-state index in [-0.39, 0.29) is 18.4 Å². The number of benzene rings is 2. The molecule has 2 aromatic rings. The summed E-state index contributed by atoms with van der Waals surface area (Å²) in [5.74, 6) is -1.31. The molecule has 118 valence electrons. The highest BCUT2D eigenvalue weighted by molar-refractivity contribution is 6.30. The average molecular weight is 332 g/mol. The summed E-state index contributed by atoms with van der Waals surface area (Å²) in [4.78, 5) is 34.6. The molecule has 0 aromatic heterocycles.